The van der Waals surface area contributed by atoms with E-state index < -0.39 is 35.9 Å². The van der Waals surface area contributed by atoms with Crippen LogP contribution in [0, 0.1) is 5.92 Å². The molecule has 0 saturated carbocycles. The van der Waals surface area contributed by atoms with Crippen LogP contribution in [0.4, 0.5) is 0 Å². The van der Waals surface area contributed by atoms with E-state index in [1.807, 2.05) is 0 Å². The van der Waals surface area contributed by atoms with Crippen LogP contribution in [0.2, 0.25) is 0 Å². The molecule has 0 saturated heterocycles. The van der Waals surface area contributed by atoms with Crippen molar-refractivity contribution in [2.75, 3.05) is 14.2 Å². The Balaban J connectivity index is 3.04. The monoisotopic (exact) mass is 309 g/mol. The third-order valence-electron chi connectivity index (χ3n) is 3.13. The molecule has 120 valence electrons. The molecule has 7 heteroatoms. The Bertz CT molecular complexity index is 528. The molecule has 0 radical (unpaired) electrons. The molecule has 0 unspecified atom stereocenters. The predicted octanol–water partition coefficient (Wildman–Crippen LogP) is 0.128. The van der Waals surface area contributed by atoms with Crippen LogP contribution >= 0.6 is 0 Å². The SMILES string of the molecule is COC(=O)[C@H]([C@H](C)O)[C@H](NC(=O)c1ccccc1)C(=O)OC. The number of nitrogens with one attached hydrogen (secondary N) is 1. The van der Waals surface area contributed by atoms with Crippen molar-refractivity contribution in [2.45, 2.75) is 19.1 Å². The second-order valence-electron chi connectivity index (χ2n) is 4.63. The Morgan fingerprint density at radius 1 is 1.05 bits per heavy atom. The van der Waals surface area contributed by atoms with Gasteiger partial charge in [-0.25, -0.2) is 4.79 Å². The van der Waals surface area contributed by atoms with Gasteiger partial charge in [-0.2, -0.15) is 0 Å². The zero-order valence-electron chi connectivity index (χ0n) is 12.6. The number of aliphatic hydroxyl groups is 1. The first kappa shape index (κ1) is 17.6. The van der Waals surface area contributed by atoms with E-state index in [2.05, 4.69) is 14.8 Å². The van der Waals surface area contributed by atoms with Gasteiger partial charge in [-0.3, -0.25) is 9.59 Å². The van der Waals surface area contributed by atoms with Crippen LogP contribution in [0.5, 0.6) is 0 Å². The molecule has 1 rings (SSSR count). The highest BCUT2D eigenvalue weighted by Gasteiger charge is 2.40. The highest BCUT2D eigenvalue weighted by atomic mass is 16.5. The van der Waals surface area contributed by atoms with Crippen LogP contribution in [0.1, 0.15) is 17.3 Å². The third kappa shape index (κ3) is 4.29. The molecule has 0 spiro atoms. The molecule has 0 bridgehead atoms. The van der Waals surface area contributed by atoms with Gasteiger partial charge in [-0.1, -0.05) is 18.2 Å². The van der Waals surface area contributed by atoms with Gasteiger partial charge in [0.05, 0.1) is 20.3 Å². The van der Waals surface area contributed by atoms with Crippen molar-refractivity contribution in [3.8, 4) is 0 Å². The molecule has 7 nitrogen and oxygen atoms in total. The summed E-state index contributed by atoms with van der Waals surface area (Å²) >= 11 is 0. The highest BCUT2D eigenvalue weighted by molar-refractivity contribution is 5.98. The molecule has 0 heterocycles. The molecule has 0 aliphatic carbocycles. The van der Waals surface area contributed by atoms with Crippen LogP contribution < -0.4 is 5.32 Å². The van der Waals surface area contributed by atoms with Gasteiger partial charge in [-0.05, 0) is 19.1 Å². The fourth-order valence-corrected chi connectivity index (χ4v) is 1.98. The van der Waals surface area contributed by atoms with Gasteiger partial charge in [0.1, 0.15) is 12.0 Å². The molecule has 0 fully saturated rings. The Kier molecular flexibility index (Phi) is 6.52. The summed E-state index contributed by atoms with van der Waals surface area (Å²) in [4.78, 5) is 35.8. The van der Waals surface area contributed by atoms with E-state index in [4.69, 9.17) is 0 Å². The number of rotatable bonds is 6. The lowest BCUT2D eigenvalue weighted by Gasteiger charge is -2.26. The van der Waals surface area contributed by atoms with Gasteiger partial charge < -0.3 is 19.9 Å². The third-order valence-corrected chi connectivity index (χ3v) is 3.13. The van der Waals surface area contributed by atoms with Gasteiger partial charge in [0.2, 0.25) is 0 Å². The number of carbonyl (C=O) groups excluding carboxylic acids is 3. The van der Waals surface area contributed by atoms with Crippen LogP contribution in [-0.2, 0) is 19.1 Å². The maximum Gasteiger partial charge on any atom is 0.329 e. The summed E-state index contributed by atoms with van der Waals surface area (Å²) in [5.41, 5.74) is 0.311. The smallest absolute Gasteiger partial charge is 0.329 e. The van der Waals surface area contributed by atoms with Gasteiger partial charge >= 0.3 is 11.9 Å². The maximum absolute atomic E-state index is 12.2. The molecule has 0 aliphatic rings. The standard InChI is InChI=1S/C15H19NO6/c1-9(17)11(14(19)21-2)12(15(20)22-3)16-13(18)10-7-5-4-6-8-10/h4-9,11-12,17H,1-3H3,(H,16,18)/t9-,11+,12-/m0/s1. The van der Waals surface area contributed by atoms with Crippen molar-refractivity contribution in [3.63, 3.8) is 0 Å². The lowest BCUT2D eigenvalue weighted by atomic mass is 9.94. The van der Waals surface area contributed by atoms with E-state index >= 15 is 0 Å². The lowest BCUT2D eigenvalue weighted by Crippen LogP contribution is -2.52. The van der Waals surface area contributed by atoms with E-state index in [9.17, 15) is 19.5 Å². The Morgan fingerprint density at radius 2 is 1.59 bits per heavy atom. The lowest BCUT2D eigenvalue weighted by molar-refractivity contribution is -0.158. The molecule has 1 aromatic carbocycles. The van der Waals surface area contributed by atoms with E-state index in [0.717, 1.165) is 14.2 Å². The Morgan fingerprint density at radius 3 is 2.05 bits per heavy atom. The summed E-state index contributed by atoms with van der Waals surface area (Å²) in [5.74, 6) is -3.50. The minimum atomic E-state index is -1.36. The minimum Gasteiger partial charge on any atom is -0.469 e. The number of hydrogen-bond donors (Lipinski definition) is 2. The molecular formula is C15H19NO6. The average Bonchev–Trinajstić information content (AvgIpc) is 2.53. The first-order valence-corrected chi connectivity index (χ1v) is 6.62. The van der Waals surface area contributed by atoms with E-state index in [1.54, 1.807) is 30.3 Å². The van der Waals surface area contributed by atoms with Gasteiger partial charge in [0.25, 0.3) is 5.91 Å². The number of esters is 2. The number of amides is 1. The van der Waals surface area contributed by atoms with Crippen LogP contribution in [0.3, 0.4) is 0 Å². The van der Waals surface area contributed by atoms with Crippen molar-refractivity contribution in [3.05, 3.63) is 35.9 Å². The zero-order chi connectivity index (χ0) is 16.7. The zero-order valence-corrected chi connectivity index (χ0v) is 12.6. The van der Waals surface area contributed by atoms with E-state index in [-0.39, 0.29) is 0 Å². The molecule has 0 aromatic heterocycles. The average molecular weight is 309 g/mol. The molecule has 22 heavy (non-hydrogen) atoms. The molecule has 1 aromatic rings. The van der Waals surface area contributed by atoms with Crippen molar-refractivity contribution >= 4 is 17.8 Å². The van der Waals surface area contributed by atoms with Gasteiger partial charge in [0.15, 0.2) is 0 Å². The quantitative estimate of drug-likeness (QED) is 0.724. The Hall–Kier alpha value is -2.41. The second kappa shape index (κ2) is 8.14. The number of hydrogen-bond acceptors (Lipinski definition) is 6. The number of carbonyl (C=O) groups is 3. The first-order chi connectivity index (χ1) is 10.4. The van der Waals surface area contributed by atoms with E-state index in [1.165, 1.54) is 6.92 Å². The summed E-state index contributed by atoms with van der Waals surface area (Å²) in [6.07, 6.45) is -1.22. The molecule has 2 N–H and O–H groups in total. The van der Waals surface area contributed by atoms with Crippen LogP contribution in [-0.4, -0.2) is 49.3 Å². The van der Waals surface area contributed by atoms with Crippen molar-refractivity contribution in [1.29, 1.82) is 0 Å². The number of methoxy groups -OCH3 is 2. The van der Waals surface area contributed by atoms with Crippen molar-refractivity contribution < 1.29 is 29.0 Å². The topological polar surface area (TPSA) is 102 Å². The number of ether oxygens (including phenoxy) is 2. The van der Waals surface area contributed by atoms with Crippen LogP contribution in [0.15, 0.2) is 30.3 Å². The normalized spacial score (nSPS) is 14.4. The molecular weight excluding hydrogens is 290 g/mol. The summed E-state index contributed by atoms with van der Waals surface area (Å²) in [6.45, 7) is 1.33. The summed E-state index contributed by atoms with van der Waals surface area (Å²) in [7, 11) is 2.26. The van der Waals surface area contributed by atoms with E-state index in [0.29, 0.717) is 5.56 Å². The first-order valence-electron chi connectivity index (χ1n) is 6.62. The van der Waals surface area contributed by atoms with Crippen molar-refractivity contribution in [1.82, 2.24) is 5.32 Å². The minimum absolute atomic E-state index is 0.311. The largest absolute Gasteiger partial charge is 0.469 e. The number of aliphatic hydroxyl groups excluding tert-OH is 1. The predicted molar refractivity (Wildman–Crippen MR) is 76.9 cm³/mol. The second-order valence-corrected chi connectivity index (χ2v) is 4.63. The summed E-state index contributed by atoms with van der Waals surface area (Å²) < 4.78 is 9.18. The van der Waals surface area contributed by atoms with Crippen LogP contribution in [0.25, 0.3) is 0 Å². The van der Waals surface area contributed by atoms with Gasteiger partial charge in [0, 0.05) is 5.56 Å². The molecule has 0 aliphatic heterocycles. The fraction of sp³-hybridized carbons (Fsp3) is 0.400. The highest BCUT2D eigenvalue weighted by Crippen LogP contribution is 2.14. The molecule has 3 atom stereocenters. The van der Waals surface area contributed by atoms with Gasteiger partial charge in [-0.15, -0.1) is 0 Å². The maximum atomic E-state index is 12.2. The summed E-state index contributed by atoms with van der Waals surface area (Å²) in [6, 6.07) is 6.81. The number of benzene rings is 1. The fourth-order valence-electron chi connectivity index (χ4n) is 1.98. The van der Waals surface area contributed by atoms with Crippen molar-refractivity contribution in [2.24, 2.45) is 5.92 Å². The summed E-state index contributed by atoms with van der Waals surface area (Å²) in [5, 5.41) is 12.2. The Labute approximate surface area is 128 Å². The molecule has 1 amide bonds.